The first-order valence-electron chi connectivity index (χ1n) is 8.58. The third kappa shape index (κ3) is 4.87. The van der Waals surface area contributed by atoms with Crippen molar-refractivity contribution in [3.8, 4) is 23.7 Å². The third-order valence-electron chi connectivity index (χ3n) is 5.04. The third-order valence-corrected chi connectivity index (χ3v) is 9.55. The van der Waals surface area contributed by atoms with Gasteiger partial charge >= 0.3 is 0 Å². The van der Waals surface area contributed by atoms with Crippen molar-refractivity contribution in [3.63, 3.8) is 0 Å². The summed E-state index contributed by atoms with van der Waals surface area (Å²) in [5, 5.41) is 4.43. The largest absolute Gasteiger partial charge is 0.401 e. The molecule has 3 nitrogen and oxygen atoms in total. The van der Waals surface area contributed by atoms with Gasteiger partial charge < -0.3 is 9.26 Å². The minimum atomic E-state index is -1.86. The van der Waals surface area contributed by atoms with Gasteiger partial charge in [0.15, 0.2) is 14.9 Å². The monoisotopic (exact) mass is 331 g/mol. The van der Waals surface area contributed by atoms with E-state index in [2.05, 4.69) is 62.7 Å². The fraction of sp³-hybridized carbons (Fsp3) is 0.737. The fourth-order valence-corrected chi connectivity index (χ4v) is 4.11. The van der Waals surface area contributed by atoms with Crippen LogP contribution < -0.4 is 0 Å². The van der Waals surface area contributed by atoms with Gasteiger partial charge in [-0.25, -0.2) is 0 Å². The van der Waals surface area contributed by atoms with Crippen LogP contribution in [0.4, 0.5) is 0 Å². The number of rotatable bonds is 2. The molecule has 0 unspecified atom stereocenters. The van der Waals surface area contributed by atoms with Gasteiger partial charge in [-0.2, -0.15) is 0 Å². The summed E-state index contributed by atoms with van der Waals surface area (Å²) in [6, 6.07) is 0. The molecule has 0 aromatic heterocycles. The molecule has 2 bridgehead atoms. The molecule has 1 fully saturated rings. The van der Waals surface area contributed by atoms with E-state index in [1.807, 2.05) is 0 Å². The molecule has 4 heteroatoms. The van der Waals surface area contributed by atoms with Crippen LogP contribution >= 0.6 is 0 Å². The van der Waals surface area contributed by atoms with Crippen molar-refractivity contribution in [3.05, 3.63) is 0 Å². The molecule has 1 saturated carbocycles. The van der Waals surface area contributed by atoms with E-state index < -0.39 is 8.32 Å². The molecule has 0 aromatic rings. The van der Waals surface area contributed by atoms with E-state index in [4.69, 9.17) is 9.26 Å². The lowest BCUT2D eigenvalue weighted by Crippen LogP contribution is -2.50. The molecule has 3 rings (SSSR count). The summed E-state index contributed by atoms with van der Waals surface area (Å²) in [7, 11) is -1.86. The van der Waals surface area contributed by atoms with Gasteiger partial charge in [0.2, 0.25) is 0 Å². The minimum Gasteiger partial charge on any atom is -0.401 e. The van der Waals surface area contributed by atoms with Crippen LogP contribution in [0.1, 0.15) is 59.3 Å². The molecule has 0 spiro atoms. The van der Waals surface area contributed by atoms with E-state index in [0.29, 0.717) is 6.61 Å². The van der Waals surface area contributed by atoms with Gasteiger partial charge in [0.25, 0.3) is 0 Å². The molecule has 3 aliphatic rings. The molecule has 23 heavy (non-hydrogen) atoms. The predicted octanol–water partition coefficient (Wildman–Crippen LogP) is 4.49. The van der Waals surface area contributed by atoms with E-state index in [0.717, 1.165) is 44.2 Å². The molecule has 0 radical (unpaired) electrons. The molecule has 0 saturated heterocycles. The van der Waals surface area contributed by atoms with E-state index in [1.165, 1.54) is 0 Å². The van der Waals surface area contributed by atoms with Gasteiger partial charge in [-0.3, -0.25) is 0 Å². The normalized spacial score (nSPS) is 25.3. The first-order chi connectivity index (χ1) is 10.7. The summed E-state index contributed by atoms with van der Waals surface area (Å²) < 4.78 is 6.79. The lowest BCUT2D eigenvalue weighted by atomic mass is 9.84. The second-order valence-electron chi connectivity index (χ2n) is 7.94. The minimum absolute atomic E-state index is 0.188. The molecule has 0 atom stereocenters. The van der Waals surface area contributed by atoms with Gasteiger partial charge in [0, 0.05) is 12.8 Å². The van der Waals surface area contributed by atoms with Gasteiger partial charge in [0.05, 0.1) is 5.71 Å². The maximum Gasteiger partial charge on any atom is 0.194 e. The highest BCUT2D eigenvalue weighted by molar-refractivity contribution is 6.74. The average molecular weight is 332 g/mol. The molecule has 0 amide bonds. The summed E-state index contributed by atoms with van der Waals surface area (Å²) in [6.45, 7) is 11.8. The Bertz CT molecular complexity index is 568. The SMILES string of the molecule is CC(C)(C)[Si](C)(C)OC12C#CCCC#CCON=C(CC1)CC2. The zero-order chi connectivity index (χ0) is 17.0. The Hall–Kier alpha value is -1.23. The first-order valence-corrected chi connectivity index (χ1v) is 11.5. The lowest BCUT2D eigenvalue weighted by molar-refractivity contribution is 0.0884. The van der Waals surface area contributed by atoms with Crippen molar-refractivity contribution in [2.24, 2.45) is 5.16 Å². The maximum absolute atomic E-state index is 6.79. The van der Waals surface area contributed by atoms with Gasteiger partial charge in [0.1, 0.15) is 5.60 Å². The molecular formula is C19H29NO2Si. The summed E-state index contributed by atoms with van der Waals surface area (Å²) in [6.07, 6.45) is 5.20. The molecule has 126 valence electrons. The molecule has 2 aliphatic heterocycles. The molecule has 2 heterocycles. The van der Waals surface area contributed by atoms with Gasteiger partial charge in [-0.15, -0.1) is 0 Å². The van der Waals surface area contributed by atoms with Crippen molar-refractivity contribution < 1.29 is 9.26 Å². The summed E-state index contributed by atoms with van der Waals surface area (Å²) in [5.41, 5.74) is 0.797. The van der Waals surface area contributed by atoms with Crippen molar-refractivity contribution in [1.82, 2.24) is 0 Å². The highest BCUT2D eigenvalue weighted by Gasteiger charge is 2.45. The molecule has 0 aromatic carbocycles. The van der Waals surface area contributed by atoms with Crippen LogP contribution in [0.3, 0.4) is 0 Å². The fourth-order valence-electron chi connectivity index (χ4n) is 2.57. The number of hydrogen-bond acceptors (Lipinski definition) is 3. The first kappa shape index (κ1) is 18.1. The van der Waals surface area contributed by atoms with E-state index in [1.54, 1.807) is 0 Å². The smallest absolute Gasteiger partial charge is 0.194 e. The van der Waals surface area contributed by atoms with E-state index in [-0.39, 0.29) is 10.6 Å². The second kappa shape index (κ2) is 7.12. The molecular weight excluding hydrogens is 302 g/mol. The Morgan fingerprint density at radius 1 is 1.09 bits per heavy atom. The number of fused-ring (bicyclic) bond motifs is 8. The number of hydrogen-bond donors (Lipinski definition) is 0. The highest BCUT2D eigenvalue weighted by Crippen LogP contribution is 2.42. The van der Waals surface area contributed by atoms with E-state index in [9.17, 15) is 0 Å². The average Bonchev–Trinajstić information content (AvgIpc) is 2.48. The molecule has 0 N–H and O–H groups in total. The Morgan fingerprint density at radius 3 is 2.39 bits per heavy atom. The van der Waals surface area contributed by atoms with Crippen LogP contribution in [0.2, 0.25) is 18.1 Å². The van der Waals surface area contributed by atoms with Crippen LogP contribution in [0.5, 0.6) is 0 Å². The van der Waals surface area contributed by atoms with Crippen molar-refractivity contribution in [2.45, 2.75) is 83.0 Å². The highest BCUT2D eigenvalue weighted by atomic mass is 28.4. The number of oxime groups is 1. The van der Waals surface area contributed by atoms with Crippen LogP contribution in [0.25, 0.3) is 0 Å². The maximum atomic E-state index is 6.79. The summed E-state index contributed by atoms with van der Waals surface area (Å²) in [5.74, 6) is 12.9. The summed E-state index contributed by atoms with van der Waals surface area (Å²) in [4.78, 5) is 5.30. The van der Waals surface area contributed by atoms with Gasteiger partial charge in [-0.1, -0.05) is 49.6 Å². The Kier molecular flexibility index (Phi) is 5.60. The Morgan fingerprint density at radius 2 is 1.74 bits per heavy atom. The van der Waals surface area contributed by atoms with Crippen molar-refractivity contribution in [2.75, 3.05) is 6.61 Å². The van der Waals surface area contributed by atoms with Crippen LogP contribution in [0.15, 0.2) is 5.16 Å². The predicted molar refractivity (Wildman–Crippen MR) is 97.7 cm³/mol. The topological polar surface area (TPSA) is 30.8 Å². The second-order valence-corrected chi connectivity index (χ2v) is 12.7. The molecule has 1 aliphatic carbocycles. The van der Waals surface area contributed by atoms with Crippen LogP contribution in [-0.2, 0) is 9.26 Å². The van der Waals surface area contributed by atoms with Gasteiger partial charge in [-0.05, 0) is 43.8 Å². The zero-order valence-corrected chi connectivity index (χ0v) is 16.2. The van der Waals surface area contributed by atoms with Crippen molar-refractivity contribution in [1.29, 1.82) is 0 Å². The van der Waals surface area contributed by atoms with Crippen LogP contribution in [-0.4, -0.2) is 26.2 Å². The Balaban J connectivity index is 2.24. The summed E-state index contributed by atoms with van der Waals surface area (Å²) >= 11 is 0. The number of nitrogens with zero attached hydrogens (tertiary/aromatic N) is 1. The lowest BCUT2D eigenvalue weighted by Gasteiger charge is -2.45. The van der Waals surface area contributed by atoms with Crippen molar-refractivity contribution >= 4 is 14.0 Å². The zero-order valence-electron chi connectivity index (χ0n) is 15.2. The standard InChI is InChI=1S/C19H29NO2Si/c1-18(2,3)23(4,5)22-19-13-9-7-6-8-10-16-21-20-17(11-14-19)12-15-19/h6-7,11-12,14-16H2,1-5H3. The quantitative estimate of drug-likeness (QED) is 0.551. The Labute approximate surface area is 142 Å². The van der Waals surface area contributed by atoms with Crippen LogP contribution in [0, 0.1) is 23.7 Å². The van der Waals surface area contributed by atoms with E-state index >= 15 is 0 Å².